The van der Waals surface area contributed by atoms with Gasteiger partial charge >= 0.3 is 0 Å². The van der Waals surface area contributed by atoms with E-state index in [2.05, 4.69) is 36.2 Å². The van der Waals surface area contributed by atoms with Crippen molar-refractivity contribution in [3.05, 3.63) is 24.3 Å². The van der Waals surface area contributed by atoms with Crippen molar-refractivity contribution in [2.24, 2.45) is 0 Å². The molecular weight excluding hydrogens is 212 g/mol. The molecule has 3 heteroatoms. The molecular formula is C14H22N2O. The Kier molecular flexibility index (Phi) is 3.57. The second-order valence-corrected chi connectivity index (χ2v) is 4.96. The van der Waals surface area contributed by atoms with Crippen LogP contribution in [0.5, 0.6) is 5.75 Å². The summed E-state index contributed by atoms with van der Waals surface area (Å²) in [6, 6.07) is 8.34. The lowest BCUT2D eigenvalue weighted by Gasteiger charge is -2.42. The van der Waals surface area contributed by atoms with E-state index in [0.29, 0.717) is 0 Å². The molecule has 1 aliphatic heterocycles. The topological polar surface area (TPSA) is 24.5 Å². The number of nitrogens with zero attached hydrogens (tertiary/aromatic N) is 1. The van der Waals surface area contributed by atoms with Crippen LogP contribution in [0, 0.1) is 0 Å². The smallest absolute Gasteiger partial charge is 0.119 e. The quantitative estimate of drug-likeness (QED) is 0.868. The van der Waals surface area contributed by atoms with Crippen molar-refractivity contribution in [1.29, 1.82) is 0 Å². The highest BCUT2D eigenvalue weighted by Crippen LogP contribution is 2.23. The summed E-state index contributed by atoms with van der Waals surface area (Å²) in [7, 11) is 1.70. The highest BCUT2D eigenvalue weighted by Gasteiger charge is 2.28. The van der Waals surface area contributed by atoms with Gasteiger partial charge in [0.25, 0.3) is 0 Å². The third-order valence-corrected chi connectivity index (χ3v) is 3.69. The molecule has 0 aromatic heterocycles. The third kappa shape index (κ3) is 2.72. The number of hydrogen-bond acceptors (Lipinski definition) is 3. The summed E-state index contributed by atoms with van der Waals surface area (Å²) in [5.74, 6) is 0.919. The maximum Gasteiger partial charge on any atom is 0.119 e. The Morgan fingerprint density at radius 1 is 1.35 bits per heavy atom. The van der Waals surface area contributed by atoms with E-state index in [1.807, 2.05) is 12.1 Å². The van der Waals surface area contributed by atoms with Crippen LogP contribution in [0.15, 0.2) is 24.3 Å². The molecule has 1 aromatic rings. The standard InChI is InChI=1S/C14H22N2O/c1-4-14(2)11-16(10-9-15-14)12-5-7-13(17-3)8-6-12/h5-8,15H,4,9-11H2,1-3H3. The summed E-state index contributed by atoms with van der Waals surface area (Å²) >= 11 is 0. The molecule has 1 fully saturated rings. The molecule has 1 aliphatic rings. The minimum absolute atomic E-state index is 0.234. The fraction of sp³-hybridized carbons (Fsp3) is 0.571. The fourth-order valence-corrected chi connectivity index (χ4v) is 2.30. The number of benzene rings is 1. The molecule has 1 atom stereocenters. The molecule has 0 bridgehead atoms. The third-order valence-electron chi connectivity index (χ3n) is 3.69. The van der Waals surface area contributed by atoms with Crippen molar-refractivity contribution in [2.75, 3.05) is 31.6 Å². The normalized spacial score (nSPS) is 24.8. The van der Waals surface area contributed by atoms with E-state index in [1.54, 1.807) is 7.11 Å². The molecule has 0 amide bonds. The zero-order valence-corrected chi connectivity index (χ0v) is 11.0. The lowest BCUT2D eigenvalue weighted by atomic mass is 9.95. The van der Waals surface area contributed by atoms with Gasteiger partial charge in [-0.15, -0.1) is 0 Å². The van der Waals surface area contributed by atoms with Crippen LogP contribution in [0.2, 0.25) is 0 Å². The summed E-state index contributed by atoms with van der Waals surface area (Å²) < 4.78 is 5.19. The van der Waals surface area contributed by atoms with E-state index < -0.39 is 0 Å². The van der Waals surface area contributed by atoms with E-state index in [1.165, 1.54) is 5.69 Å². The molecule has 1 aromatic carbocycles. The summed E-state index contributed by atoms with van der Waals surface area (Å²) in [6.45, 7) is 7.72. The van der Waals surface area contributed by atoms with Gasteiger partial charge in [0.05, 0.1) is 7.11 Å². The van der Waals surface area contributed by atoms with Gasteiger partial charge in [-0.05, 0) is 37.6 Å². The van der Waals surface area contributed by atoms with Crippen LogP contribution in [0.25, 0.3) is 0 Å². The average Bonchev–Trinajstić information content (AvgIpc) is 2.39. The fourth-order valence-electron chi connectivity index (χ4n) is 2.30. The molecule has 1 heterocycles. The van der Waals surface area contributed by atoms with Crippen LogP contribution in [-0.4, -0.2) is 32.3 Å². The van der Waals surface area contributed by atoms with Crippen LogP contribution in [0.4, 0.5) is 5.69 Å². The van der Waals surface area contributed by atoms with Gasteiger partial charge in [0.2, 0.25) is 0 Å². The number of rotatable bonds is 3. The van der Waals surface area contributed by atoms with Gasteiger partial charge in [-0.1, -0.05) is 6.92 Å². The van der Waals surface area contributed by atoms with Crippen LogP contribution < -0.4 is 15.0 Å². The van der Waals surface area contributed by atoms with Crippen LogP contribution >= 0.6 is 0 Å². The zero-order chi connectivity index (χ0) is 12.3. The maximum absolute atomic E-state index is 5.19. The van der Waals surface area contributed by atoms with E-state index in [9.17, 15) is 0 Å². The van der Waals surface area contributed by atoms with E-state index in [-0.39, 0.29) is 5.54 Å². The van der Waals surface area contributed by atoms with Crippen molar-refractivity contribution in [3.8, 4) is 5.75 Å². The maximum atomic E-state index is 5.19. The molecule has 1 unspecified atom stereocenters. The predicted molar refractivity (Wildman–Crippen MR) is 71.9 cm³/mol. The highest BCUT2D eigenvalue weighted by atomic mass is 16.5. The van der Waals surface area contributed by atoms with Gasteiger partial charge in [0.15, 0.2) is 0 Å². The summed E-state index contributed by atoms with van der Waals surface area (Å²) in [5.41, 5.74) is 1.52. The van der Waals surface area contributed by atoms with Gasteiger partial charge in [-0.2, -0.15) is 0 Å². The second-order valence-electron chi connectivity index (χ2n) is 4.96. The van der Waals surface area contributed by atoms with Crippen LogP contribution in [0.3, 0.4) is 0 Å². The van der Waals surface area contributed by atoms with E-state index in [4.69, 9.17) is 4.74 Å². The minimum Gasteiger partial charge on any atom is -0.497 e. The van der Waals surface area contributed by atoms with Gasteiger partial charge in [0.1, 0.15) is 5.75 Å². The lowest BCUT2D eigenvalue weighted by Crippen LogP contribution is -2.58. The Hall–Kier alpha value is -1.22. The Labute approximate surface area is 104 Å². The SMILES string of the molecule is CCC1(C)CN(c2ccc(OC)cc2)CCN1. The molecule has 0 spiro atoms. The Bertz CT molecular complexity index is 363. The lowest BCUT2D eigenvalue weighted by molar-refractivity contribution is 0.314. The van der Waals surface area contributed by atoms with E-state index in [0.717, 1.165) is 31.8 Å². The molecule has 17 heavy (non-hydrogen) atoms. The van der Waals surface area contributed by atoms with Crippen LogP contribution in [0.1, 0.15) is 20.3 Å². The molecule has 0 saturated carbocycles. The van der Waals surface area contributed by atoms with Gasteiger partial charge in [-0.3, -0.25) is 0 Å². The molecule has 94 valence electrons. The van der Waals surface area contributed by atoms with Crippen LogP contribution in [-0.2, 0) is 0 Å². The average molecular weight is 234 g/mol. The monoisotopic (exact) mass is 234 g/mol. The number of anilines is 1. The number of hydrogen-bond donors (Lipinski definition) is 1. The number of nitrogens with one attached hydrogen (secondary N) is 1. The molecule has 2 rings (SSSR count). The molecule has 0 radical (unpaired) electrons. The van der Waals surface area contributed by atoms with Gasteiger partial charge in [0, 0.05) is 30.9 Å². The van der Waals surface area contributed by atoms with Crippen molar-refractivity contribution >= 4 is 5.69 Å². The summed E-state index contributed by atoms with van der Waals surface area (Å²) in [5, 5.41) is 3.60. The summed E-state index contributed by atoms with van der Waals surface area (Å²) in [6.07, 6.45) is 1.15. The van der Waals surface area contributed by atoms with Crippen molar-refractivity contribution < 1.29 is 4.74 Å². The molecule has 1 N–H and O–H groups in total. The number of ether oxygens (including phenoxy) is 1. The van der Waals surface area contributed by atoms with E-state index >= 15 is 0 Å². The Morgan fingerprint density at radius 2 is 2.06 bits per heavy atom. The second kappa shape index (κ2) is 4.96. The first-order chi connectivity index (χ1) is 8.17. The number of piperazine rings is 1. The molecule has 0 aliphatic carbocycles. The summed E-state index contributed by atoms with van der Waals surface area (Å²) in [4.78, 5) is 2.44. The number of methoxy groups -OCH3 is 1. The first kappa shape index (κ1) is 12.2. The van der Waals surface area contributed by atoms with Crippen molar-refractivity contribution in [1.82, 2.24) is 5.32 Å². The zero-order valence-electron chi connectivity index (χ0n) is 11.0. The van der Waals surface area contributed by atoms with Gasteiger partial charge in [-0.25, -0.2) is 0 Å². The molecule has 3 nitrogen and oxygen atoms in total. The van der Waals surface area contributed by atoms with Crippen molar-refractivity contribution in [2.45, 2.75) is 25.8 Å². The Morgan fingerprint density at radius 3 is 2.65 bits per heavy atom. The van der Waals surface area contributed by atoms with Crippen molar-refractivity contribution in [3.63, 3.8) is 0 Å². The predicted octanol–water partition coefficient (Wildman–Crippen LogP) is 2.27. The molecule has 1 saturated heterocycles. The first-order valence-corrected chi connectivity index (χ1v) is 6.31. The largest absolute Gasteiger partial charge is 0.497 e. The first-order valence-electron chi connectivity index (χ1n) is 6.31. The minimum atomic E-state index is 0.234. The van der Waals surface area contributed by atoms with Gasteiger partial charge < -0.3 is 15.0 Å². The highest BCUT2D eigenvalue weighted by molar-refractivity contribution is 5.50. The Balaban J connectivity index is 2.10.